The average molecular weight is 426 g/mol. The van der Waals surface area contributed by atoms with Gasteiger partial charge in [-0.05, 0) is 50.2 Å². The first-order valence-corrected chi connectivity index (χ1v) is 10.6. The van der Waals surface area contributed by atoms with Crippen LogP contribution in [0.25, 0.3) is 0 Å². The van der Waals surface area contributed by atoms with Gasteiger partial charge in [-0.3, -0.25) is 0 Å². The fourth-order valence-corrected chi connectivity index (χ4v) is 4.75. The quantitative estimate of drug-likeness (QED) is 0.814. The molecule has 4 heterocycles. The summed E-state index contributed by atoms with van der Waals surface area (Å²) in [7, 11) is 1.93. The molecule has 1 fully saturated rings. The maximum absolute atomic E-state index is 13.0. The number of piperidine rings is 1. The molecule has 7 nitrogen and oxygen atoms in total. The van der Waals surface area contributed by atoms with E-state index in [9.17, 15) is 4.79 Å². The van der Waals surface area contributed by atoms with E-state index >= 15 is 0 Å². The molecule has 2 aliphatic rings. The van der Waals surface area contributed by atoms with Crippen LogP contribution in [0.5, 0.6) is 0 Å². The minimum absolute atomic E-state index is 0. The number of urea groups is 1. The lowest BCUT2D eigenvalue weighted by Gasteiger charge is -2.36. The van der Waals surface area contributed by atoms with Crippen molar-refractivity contribution < 1.29 is 9.32 Å². The smallest absolute Gasteiger partial charge is 0.320 e. The summed E-state index contributed by atoms with van der Waals surface area (Å²) in [5.74, 6) is 1.54. The third-order valence-electron chi connectivity index (χ3n) is 5.58. The van der Waals surface area contributed by atoms with Crippen molar-refractivity contribution in [2.75, 3.05) is 26.7 Å². The van der Waals surface area contributed by atoms with Crippen LogP contribution in [0.15, 0.2) is 16.0 Å². The van der Waals surface area contributed by atoms with Gasteiger partial charge in [-0.15, -0.1) is 23.7 Å². The summed E-state index contributed by atoms with van der Waals surface area (Å²) in [6, 6.07) is 2.59. The lowest BCUT2D eigenvalue weighted by Crippen LogP contribution is -2.48. The molecule has 2 aromatic heterocycles. The molecule has 2 aliphatic heterocycles. The molecule has 1 saturated heterocycles. The van der Waals surface area contributed by atoms with E-state index in [1.807, 2.05) is 16.8 Å². The van der Waals surface area contributed by atoms with E-state index in [1.165, 1.54) is 10.4 Å². The van der Waals surface area contributed by atoms with Crippen molar-refractivity contribution in [3.63, 3.8) is 0 Å². The van der Waals surface area contributed by atoms with E-state index < -0.39 is 0 Å². The largest absolute Gasteiger partial charge is 0.339 e. The summed E-state index contributed by atoms with van der Waals surface area (Å²) in [6.07, 6.45) is 3.67. The van der Waals surface area contributed by atoms with E-state index in [4.69, 9.17) is 4.52 Å². The summed E-state index contributed by atoms with van der Waals surface area (Å²) in [5.41, 5.74) is 1.30. The van der Waals surface area contributed by atoms with Crippen molar-refractivity contribution in [3.05, 3.63) is 33.6 Å². The molecule has 2 aromatic rings. The Labute approximate surface area is 175 Å². The second kappa shape index (κ2) is 9.24. The van der Waals surface area contributed by atoms with Gasteiger partial charge in [0.2, 0.25) is 5.89 Å². The molecule has 1 N–H and O–H groups in total. The van der Waals surface area contributed by atoms with Gasteiger partial charge in [0.15, 0.2) is 5.82 Å². The molecule has 0 radical (unpaired) electrons. The number of likely N-dealkylation sites (N-methyl/N-ethyl adjacent to an activating group) is 1. The number of hydrogen-bond acceptors (Lipinski definition) is 6. The van der Waals surface area contributed by atoms with Gasteiger partial charge in [-0.1, -0.05) is 5.16 Å². The van der Waals surface area contributed by atoms with E-state index in [1.54, 1.807) is 11.3 Å². The van der Waals surface area contributed by atoms with Gasteiger partial charge in [-0.2, -0.15) is 4.98 Å². The van der Waals surface area contributed by atoms with Crippen LogP contribution in [-0.4, -0.2) is 58.7 Å². The summed E-state index contributed by atoms with van der Waals surface area (Å²) >= 11 is 1.80. The zero-order valence-corrected chi connectivity index (χ0v) is 18.0. The highest BCUT2D eigenvalue weighted by molar-refractivity contribution is 7.10. The number of nitrogens with zero attached hydrogens (tertiary/aromatic N) is 4. The van der Waals surface area contributed by atoms with Crippen molar-refractivity contribution >= 4 is 29.8 Å². The Hall–Kier alpha value is -1.64. The second-order valence-corrected chi connectivity index (χ2v) is 8.55. The number of amides is 2. The van der Waals surface area contributed by atoms with Gasteiger partial charge in [-0.25, -0.2) is 4.79 Å². The molecule has 0 aliphatic carbocycles. The van der Waals surface area contributed by atoms with Crippen molar-refractivity contribution in [2.24, 2.45) is 0 Å². The van der Waals surface area contributed by atoms with Crippen LogP contribution in [0, 0.1) is 0 Å². The highest BCUT2D eigenvalue weighted by Gasteiger charge is 2.32. The maximum atomic E-state index is 13.0. The Morgan fingerprint density at radius 2 is 2.29 bits per heavy atom. The molecule has 4 rings (SSSR count). The van der Waals surface area contributed by atoms with Crippen LogP contribution in [0.4, 0.5) is 4.79 Å². The molecule has 154 valence electrons. The van der Waals surface area contributed by atoms with Gasteiger partial charge < -0.3 is 19.6 Å². The standard InChI is InChI=1S/C19H27N5O2S.ClH/c1-13(20-2)10-17-21-18(26-22-17)15-4-3-7-23(12-15)19(25)24-8-5-16-14(11-24)6-9-27-16;/h6,9,13,15,20H,3-5,7-8,10-12H2,1-2H3;1H. The predicted octanol–water partition coefficient (Wildman–Crippen LogP) is 3.06. The normalized spacial score (nSPS) is 20.4. The molecule has 0 bridgehead atoms. The lowest BCUT2D eigenvalue weighted by molar-refractivity contribution is 0.129. The summed E-state index contributed by atoms with van der Waals surface area (Å²) < 4.78 is 5.52. The summed E-state index contributed by atoms with van der Waals surface area (Å²) in [5, 5.41) is 9.43. The van der Waals surface area contributed by atoms with Gasteiger partial charge in [0.1, 0.15) is 0 Å². The number of aromatic nitrogens is 2. The minimum atomic E-state index is 0. The Morgan fingerprint density at radius 1 is 1.43 bits per heavy atom. The van der Waals surface area contributed by atoms with E-state index in [0.717, 1.165) is 51.1 Å². The third kappa shape index (κ3) is 4.50. The first-order valence-electron chi connectivity index (χ1n) is 9.73. The molecule has 9 heteroatoms. The van der Waals surface area contributed by atoms with Crippen molar-refractivity contribution in [1.82, 2.24) is 25.3 Å². The van der Waals surface area contributed by atoms with Crippen LogP contribution in [0.3, 0.4) is 0 Å². The molecule has 0 aromatic carbocycles. The number of fused-ring (bicyclic) bond motifs is 1. The fraction of sp³-hybridized carbons (Fsp3) is 0.632. The highest BCUT2D eigenvalue weighted by Crippen LogP contribution is 2.29. The zero-order chi connectivity index (χ0) is 18.8. The summed E-state index contributed by atoms with van der Waals surface area (Å²) in [4.78, 5) is 23.0. The van der Waals surface area contributed by atoms with Crippen LogP contribution in [-0.2, 0) is 19.4 Å². The molecule has 0 spiro atoms. The average Bonchev–Trinajstić information content (AvgIpc) is 3.36. The Morgan fingerprint density at radius 3 is 3.11 bits per heavy atom. The first-order chi connectivity index (χ1) is 13.1. The molecule has 2 amide bonds. The van der Waals surface area contributed by atoms with E-state index in [2.05, 4.69) is 33.8 Å². The minimum Gasteiger partial charge on any atom is -0.339 e. The predicted molar refractivity (Wildman–Crippen MR) is 111 cm³/mol. The van der Waals surface area contributed by atoms with Crippen molar-refractivity contribution in [3.8, 4) is 0 Å². The van der Waals surface area contributed by atoms with E-state index in [0.29, 0.717) is 18.5 Å². The second-order valence-electron chi connectivity index (χ2n) is 7.55. The Bertz CT molecular complexity index is 795. The van der Waals surface area contributed by atoms with Gasteiger partial charge >= 0.3 is 6.03 Å². The van der Waals surface area contributed by atoms with Gasteiger partial charge in [0, 0.05) is 43.5 Å². The van der Waals surface area contributed by atoms with Gasteiger partial charge in [0.05, 0.1) is 5.92 Å². The van der Waals surface area contributed by atoms with Crippen LogP contribution >= 0.6 is 23.7 Å². The van der Waals surface area contributed by atoms with Crippen LogP contribution < -0.4 is 5.32 Å². The SMILES string of the molecule is CNC(C)Cc1noc(C2CCCN(C(=O)N3CCc4sccc4C3)C2)n1.Cl. The molecule has 2 unspecified atom stereocenters. The zero-order valence-electron chi connectivity index (χ0n) is 16.4. The summed E-state index contributed by atoms with van der Waals surface area (Å²) in [6.45, 7) is 5.09. The number of nitrogens with one attached hydrogen (secondary N) is 1. The highest BCUT2D eigenvalue weighted by atomic mass is 35.5. The molecule has 28 heavy (non-hydrogen) atoms. The number of hydrogen-bond donors (Lipinski definition) is 1. The number of halogens is 1. The number of carbonyl (C=O) groups excluding carboxylic acids is 1. The number of rotatable bonds is 4. The lowest BCUT2D eigenvalue weighted by atomic mass is 9.98. The molecular weight excluding hydrogens is 398 g/mol. The molecular formula is C19H28ClN5O2S. The topological polar surface area (TPSA) is 74.5 Å². The number of carbonyl (C=O) groups is 1. The monoisotopic (exact) mass is 425 g/mol. The number of thiophene rings is 1. The van der Waals surface area contributed by atoms with Gasteiger partial charge in [0.25, 0.3) is 0 Å². The van der Waals surface area contributed by atoms with Crippen molar-refractivity contribution in [1.29, 1.82) is 0 Å². The van der Waals surface area contributed by atoms with Crippen LogP contribution in [0.2, 0.25) is 0 Å². The van der Waals surface area contributed by atoms with Crippen LogP contribution in [0.1, 0.15) is 47.8 Å². The number of likely N-dealkylation sites (tertiary alicyclic amines) is 1. The molecule has 0 saturated carbocycles. The van der Waals surface area contributed by atoms with E-state index in [-0.39, 0.29) is 24.4 Å². The molecule has 2 atom stereocenters. The first kappa shape index (κ1) is 21.1. The van der Waals surface area contributed by atoms with Crippen molar-refractivity contribution in [2.45, 2.75) is 51.1 Å². The fourth-order valence-electron chi connectivity index (χ4n) is 3.86. The Balaban J connectivity index is 0.00000225. The Kier molecular flexibility index (Phi) is 6.95. The third-order valence-corrected chi connectivity index (χ3v) is 6.61. The maximum Gasteiger partial charge on any atom is 0.320 e.